The maximum atomic E-state index is 4.62. The highest BCUT2D eigenvalue weighted by atomic mass is 15.5. The third-order valence-electron chi connectivity index (χ3n) is 5.87. The van der Waals surface area contributed by atoms with Crippen LogP contribution in [0.5, 0.6) is 0 Å². The summed E-state index contributed by atoms with van der Waals surface area (Å²) in [5.74, 6) is 0.685. The van der Waals surface area contributed by atoms with Crippen molar-refractivity contribution >= 4 is 0 Å². The Kier molecular flexibility index (Phi) is 4.06. The van der Waals surface area contributed by atoms with Crippen LogP contribution >= 0.6 is 0 Å². The second kappa shape index (κ2) is 6.69. The van der Waals surface area contributed by atoms with E-state index in [1.807, 2.05) is 0 Å². The lowest BCUT2D eigenvalue weighted by atomic mass is 9.99. The van der Waals surface area contributed by atoms with E-state index in [4.69, 9.17) is 0 Å². The minimum Gasteiger partial charge on any atom is -0.297 e. The van der Waals surface area contributed by atoms with Crippen LogP contribution in [0.4, 0.5) is 0 Å². The van der Waals surface area contributed by atoms with Crippen LogP contribution in [0.3, 0.4) is 0 Å². The highest BCUT2D eigenvalue weighted by molar-refractivity contribution is 5.61. The first-order chi connectivity index (χ1) is 12.9. The van der Waals surface area contributed by atoms with Crippen molar-refractivity contribution in [2.45, 2.75) is 31.8 Å². The number of hydrogen-bond acceptors (Lipinski definition) is 3. The molecule has 132 valence electrons. The van der Waals surface area contributed by atoms with Crippen molar-refractivity contribution in [2.75, 3.05) is 13.1 Å². The largest absolute Gasteiger partial charge is 0.297 e. The maximum absolute atomic E-state index is 4.62. The minimum absolute atomic E-state index is 0.459. The van der Waals surface area contributed by atoms with Gasteiger partial charge < -0.3 is 0 Å². The van der Waals surface area contributed by atoms with Crippen LogP contribution in [0.25, 0.3) is 11.3 Å². The third kappa shape index (κ3) is 2.84. The molecule has 2 aromatic carbocycles. The van der Waals surface area contributed by atoms with E-state index in [1.165, 1.54) is 36.2 Å². The highest BCUT2D eigenvalue weighted by Crippen LogP contribution is 2.37. The van der Waals surface area contributed by atoms with E-state index in [0.29, 0.717) is 12.0 Å². The minimum atomic E-state index is 0.459. The van der Waals surface area contributed by atoms with Crippen LogP contribution in [0, 0.1) is 5.92 Å². The number of likely N-dealkylation sites (tertiary alicyclic amines) is 1. The molecule has 0 bridgehead atoms. The molecule has 0 saturated carbocycles. The molecule has 0 aliphatic carbocycles. The van der Waals surface area contributed by atoms with Crippen LogP contribution < -0.4 is 0 Å². The van der Waals surface area contributed by atoms with Gasteiger partial charge >= 0.3 is 0 Å². The Morgan fingerprint density at radius 3 is 2.50 bits per heavy atom. The number of nitrogens with zero attached hydrogens (tertiary/aromatic N) is 4. The summed E-state index contributed by atoms with van der Waals surface area (Å²) in [6, 6.07) is 21.8. The fourth-order valence-corrected chi connectivity index (χ4v) is 4.64. The summed E-state index contributed by atoms with van der Waals surface area (Å²) >= 11 is 0. The molecule has 2 aliphatic heterocycles. The van der Waals surface area contributed by atoms with Gasteiger partial charge in [-0.3, -0.25) is 4.90 Å². The molecule has 1 aromatic heterocycles. The van der Waals surface area contributed by atoms with E-state index in [-0.39, 0.29) is 0 Å². The summed E-state index contributed by atoms with van der Waals surface area (Å²) in [5, 5.41) is 9.19. The van der Waals surface area contributed by atoms with Crippen molar-refractivity contribution in [1.29, 1.82) is 0 Å². The zero-order valence-electron chi connectivity index (χ0n) is 15.0. The van der Waals surface area contributed by atoms with Gasteiger partial charge in [-0.25, -0.2) is 4.68 Å². The number of benzene rings is 2. The first-order valence-electron chi connectivity index (χ1n) is 9.64. The van der Waals surface area contributed by atoms with Gasteiger partial charge in [0.1, 0.15) is 5.69 Å². The van der Waals surface area contributed by atoms with Gasteiger partial charge in [0.05, 0.1) is 11.7 Å². The Bertz CT molecular complexity index is 872. The predicted octanol–water partition coefficient (Wildman–Crippen LogP) is 3.95. The lowest BCUT2D eigenvalue weighted by molar-refractivity contribution is 0.306. The summed E-state index contributed by atoms with van der Waals surface area (Å²) in [4.78, 5) is 2.59. The Hall–Kier alpha value is -2.46. The Labute approximate surface area is 154 Å². The van der Waals surface area contributed by atoms with E-state index in [9.17, 15) is 0 Å². The van der Waals surface area contributed by atoms with E-state index in [0.717, 1.165) is 25.2 Å². The third-order valence-corrected chi connectivity index (χ3v) is 5.87. The summed E-state index contributed by atoms with van der Waals surface area (Å²) in [6.45, 7) is 3.27. The number of fused-ring (bicyclic) bond motifs is 3. The van der Waals surface area contributed by atoms with Crippen LogP contribution in [-0.4, -0.2) is 33.0 Å². The molecule has 3 heterocycles. The van der Waals surface area contributed by atoms with Crippen LogP contribution in [-0.2, 0) is 13.0 Å². The normalized spacial score (nSPS) is 22.6. The molecule has 0 amide bonds. The topological polar surface area (TPSA) is 34.0 Å². The fraction of sp³-hybridized carbons (Fsp3) is 0.364. The Balaban J connectivity index is 1.42. The van der Waals surface area contributed by atoms with E-state index in [1.54, 1.807) is 0 Å². The van der Waals surface area contributed by atoms with Crippen LogP contribution in [0.2, 0.25) is 0 Å². The fourth-order valence-electron chi connectivity index (χ4n) is 4.64. The lowest BCUT2D eigenvalue weighted by Crippen LogP contribution is -2.22. The summed E-state index contributed by atoms with van der Waals surface area (Å²) in [5.41, 5.74) is 4.98. The summed E-state index contributed by atoms with van der Waals surface area (Å²) in [6.07, 6.45) is 3.60. The zero-order valence-corrected chi connectivity index (χ0v) is 15.0. The molecular formula is C22H24N4. The molecule has 4 nitrogen and oxygen atoms in total. The van der Waals surface area contributed by atoms with Gasteiger partial charge in [-0.15, -0.1) is 5.10 Å². The molecular weight excluding hydrogens is 320 g/mol. The van der Waals surface area contributed by atoms with Gasteiger partial charge in [-0.05, 0) is 30.7 Å². The van der Waals surface area contributed by atoms with Crippen molar-refractivity contribution in [3.63, 3.8) is 0 Å². The number of rotatable bonds is 3. The van der Waals surface area contributed by atoms with Crippen molar-refractivity contribution in [3.8, 4) is 11.3 Å². The second-order valence-electron chi connectivity index (χ2n) is 7.59. The molecule has 26 heavy (non-hydrogen) atoms. The first-order valence-corrected chi connectivity index (χ1v) is 9.64. The molecule has 2 aliphatic rings. The zero-order chi connectivity index (χ0) is 17.3. The van der Waals surface area contributed by atoms with Gasteiger partial charge in [-0.1, -0.05) is 65.9 Å². The first kappa shape index (κ1) is 15.8. The van der Waals surface area contributed by atoms with Crippen molar-refractivity contribution in [3.05, 3.63) is 71.9 Å². The van der Waals surface area contributed by atoms with Gasteiger partial charge in [0.15, 0.2) is 0 Å². The number of hydrogen-bond donors (Lipinski definition) is 0. The molecule has 0 unspecified atom stereocenters. The second-order valence-corrected chi connectivity index (χ2v) is 7.59. The van der Waals surface area contributed by atoms with Crippen LogP contribution in [0.15, 0.2) is 60.7 Å². The Morgan fingerprint density at radius 2 is 1.69 bits per heavy atom. The molecule has 0 spiro atoms. The van der Waals surface area contributed by atoms with Gasteiger partial charge in [0.25, 0.3) is 0 Å². The molecule has 0 N–H and O–H groups in total. The van der Waals surface area contributed by atoms with Crippen molar-refractivity contribution in [1.82, 2.24) is 19.9 Å². The Morgan fingerprint density at radius 1 is 0.923 bits per heavy atom. The van der Waals surface area contributed by atoms with Crippen LogP contribution in [0.1, 0.15) is 30.1 Å². The molecule has 2 atom stereocenters. The molecule has 0 radical (unpaired) electrons. The average Bonchev–Trinajstić information content (AvgIpc) is 3.24. The van der Waals surface area contributed by atoms with E-state index >= 15 is 0 Å². The SMILES string of the molecule is c1ccc(CN2C[C@H]3CCCc4c(-c5ccccc5)nnn4[C@H]3C2)cc1. The highest BCUT2D eigenvalue weighted by Gasteiger charge is 2.37. The summed E-state index contributed by atoms with van der Waals surface area (Å²) in [7, 11) is 0. The quantitative estimate of drug-likeness (QED) is 0.721. The van der Waals surface area contributed by atoms with Gasteiger partial charge in [-0.2, -0.15) is 0 Å². The molecule has 5 rings (SSSR count). The molecule has 1 saturated heterocycles. The smallest absolute Gasteiger partial charge is 0.116 e. The average molecular weight is 344 g/mol. The standard InChI is InChI=1S/C22H24N4/c1-3-8-17(9-4-1)14-25-15-19-12-7-13-20-22(18-10-5-2-6-11-18)23-24-26(20)21(19)16-25/h1-6,8-11,19,21H,7,12-16H2/t19-,21+/m1/s1. The predicted molar refractivity (Wildman–Crippen MR) is 103 cm³/mol. The molecule has 3 aromatic rings. The van der Waals surface area contributed by atoms with Crippen molar-refractivity contribution < 1.29 is 0 Å². The van der Waals surface area contributed by atoms with E-state index < -0.39 is 0 Å². The van der Waals surface area contributed by atoms with E-state index in [2.05, 4.69) is 80.6 Å². The monoisotopic (exact) mass is 344 g/mol. The maximum Gasteiger partial charge on any atom is 0.116 e. The number of aromatic nitrogens is 3. The molecule has 4 heteroatoms. The molecule has 1 fully saturated rings. The van der Waals surface area contributed by atoms with Gasteiger partial charge in [0.2, 0.25) is 0 Å². The van der Waals surface area contributed by atoms with Crippen molar-refractivity contribution in [2.24, 2.45) is 5.92 Å². The van der Waals surface area contributed by atoms with Gasteiger partial charge in [0, 0.05) is 25.2 Å². The lowest BCUT2D eigenvalue weighted by Gasteiger charge is -2.17. The summed E-state index contributed by atoms with van der Waals surface area (Å²) < 4.78 is 2.25.